The van der Waals surface area contributed by atoms with Crippen molar-refractivity contribution in [2.24, 2.45) is 0 Å². The minimum atomic E-state index is -3.77. The number of hydrogen-bond acceptors (Lipinski definition) is 4. The summed E-state index contributed by atoms with van der Waals surface area (Å²) in [5.41, 5.74) is 1.01. The van der Waals surface area contributed by atoms with Crippen LogP contribution in [0.2, 0.25) is 5.02 Å². The maximum atomic E-state index is 12.6. The number of sulfonamides is 1. The van der Waals surface area contributed by atoms with Gasteiger partial charge in [0.1, 0.15) is 0 Å². The van der Waals surface area contributed by atoms with Crippen LogP contribution in [0, 0.1) is 6.92 Å². The predicted octanol–water partition coefficient (Wildman–Crippen LogP) is 2.88. The zero-order valence-corrected chi connectivity index (χ0v) is 17.0. The van der Waals surface area contributed by atoms with Crippen molar-refractivity contribution in [2.45, 2.75) is 37.6 Å². The maximum Gasteiger partial charge on any atom is 0.262 e. The number of nitrogens with one attached hydrogen (secondary N) is 2. The molecular formula is C19H23ClN2O4S. The molecule has 0 aliphatic carbocycles. The van der Waals surface area contributed by atoms with Crippen molar-refractivity contribution in [1.29, 1.82) is 0 Å². The molecule has 0 heterocycles. The number of carbonyl (C=O) groups is 1. The molecule has 8 heteroatoms. The maximum absolute atomic E-state index is 12.6. The van der Waals surface area contributed by atoms with Crippen molar-refractivity contribution in [1.82, 2.24) is 5.32 Å². The minimum Gasteiger partial charge on any atom is -0.394 e. The van der Waals surface area contributed by atoms with Gasteiger partial charge in [-0.25, -0.2) is 8.42 Å². The number of hydrogen-bond donors (Lipinski definition) is 3. The van der Waals surface area contributed by atoms with E-state index in [0.29, 0.717) is 16.3 Å². The van der Waals surface area contributed by atoms with Crippen molar-refractivity contribution >= 4 is 33.2 Å². The average Bonchev–Trinajstić information content (AvgIpc) is 2.58. The Labute approximate surface area is 164 Å². The normalized spacial score (nSPS) is 11.9. The van der Waals surface area contributed by atoms with Crippen LogP contribution >= 0.6 is 11.6 Å². The van der Waals surface area contributed by atoms with E-state index in [2.05, 4.69) is 10.0 Å². The highest BCUT2D eigenvalue weighted by molar-refractivity contribution is 7.92. The Kier molecular flexibility index (Phi) is 6.51. The molecule has 0 radical (unpaired) electrons. The van der Waals surface area contributed by atoms with Crippen LogP contribution in [0.5, 0.6) is 0 Å². The minimum absolute atomic E-state index is 0.115. The van der Waals surface area contributed by atoms with Gasteiger partial charge in [0.25, 0.3) is 10.0 Å². The second-order valence-electron chi connectivity index (χ2n) is 6.98. The van der Waals surface area contributed by atoms with Gasteiger partial charge in [0.05, 0.1) is 23.5 Å². The summed E-state index contributed by atoms with van der Waals surface area (Å²) in [5.74, 6) is -0.225. The van der Waals surface area contributed by atoms with Gasteiger partial charge < -0.3 is 10.4 Å². The number of aliphatic hydroxyl groups excluding tert-OH is 1. The topological polar surface area (TPSA) is 95.5 Å². The number of carbonyl (C=O) groups excluding carboxylic acids is 1. The van der Waals surface area contributed by atoms with Gasteiger partial charge in [-0.1, -0.05) is 29.8 Å². The third-order valence-electron chi connectivity index (χ3n) is 3.88. The van der Waals surface area contributed by atoms with E-state index in [1.165, 1.54) is 6.07 Å². The number of amides is 1. The molecule has 0 aliphatic rings. The molecule has 0 aliphatic heterocycles. The van der Waals surface area contributed by atoms with Gasteiger partial charge in [0, 0.05) is 10.7 Å². The molecule has 0 unspecified atom stereocenters. The van der Waals surface area contributed by atoms with Crippen LogP contribution in [-0.4, -0.2) is 31.6 Å². The number of aryl methyl sites for hydroxylation is 1. The Hall–Kier alpha value is -2.09. The van der Waals surface area contributed by atoms with E-state index in [1.54, 1.807) is 57.2 Å². The van der Waals surface area contributed by atoms with E-state index in [4.69, 9.17) is 11.6 Å². The highest BCUT2D eigenvalue weighted by Crippen LogP contribution is 2.23. The molecule has 1 amide bonds. The molecule has 2 aromatic rings. The van der Waals surface area contributed by atoms with Crippen LogP contribution < -0.4 is 10.0 Å². The number of anilines is 1. The highest BCUT2D eigenvalue weighted by atomic mass is 35.5. The Morgan fingerprint density at radius 3 is 2.37 bits per heavy atom. The third kappa shape index (κ3) is 5.95. The quantitative estimate of drug-likeness (QED) is 0.654. The molecule has 0 saturated carbocycles. The zero-order chi connectivity index (χ0) is 20.2. The fourth-order valence-electron chi connectivity index (χ4n) is 2.41. The van der Waals surface area contributed by atoms with E-state index < -0.39 is 15.6 Å². The molecule has 2 rings (SSSR count). The Morgan fingerprint density at radius 2 is 1.78 bits per heavy atom. The lowest BCUT2D eigenvalue weighted by molar-refractivity contribution is -0.122. The molecule has 0 aromatic heterocycles. The smallest absolute Gasteiger partial charge is 0.262 e. The standard InChI is InChI=1S/C19H23ClN2O4S/c1-13-4-7-15(20)11-17(13)27(25,26)22-16-8-5-14(6-9-16)10-18(24)21-19(2,3)12-23/h4-9,11,22-23H,10,12H2,1-3H3,(H,21,24). The summed E-state index contributed by atoms with van der Waals surface area (Å²) in [6.07, 6.45) is 0.129. The second kappa shape index (κ2) is 8.29. The summed E-state index contributed by atoms with van der Waals surface area (Å²) in [7, 11) is -3.77. The van der Waals surface area contributed by atoms with E-state index in [1.807, 2.05) is 0 Å². The molecule has 0 atom stereocenters. The van der Waals surface area contributed by atoms with E-state index >= 15 is 0 Å². The molecule has 27 heavy (non-hydrogen) atoms. The Morgan fingerprint density at radius 1 is 1.15 bits per heavy atom. The van der Waals surface area contributed by atoms with Crippen molar-refractivity contribution in [3.8, 4) is 0 Å². The van der Waals surface area contributed by atoms with Gasteiger partial charge >= 0.3 is 0 Å². The van der Waals surface area contributed by atoms with Crippen molar-refractivity contribution < 1.29 is 18.3 Å². The first-order valence-electron chi connectivity index (χ1n) is 8.32. The van der Waals surface area contributed by atoms with Crippen LogP contribution in [0.1, 0.15) is 25.0 Å². The average molecular weight is 411 g/mol. The SMILES string of the molecule is Cc1ccc(Cl)cc1S(=O)(=O)Nc1ccc(CC(=O)NC(C)(C)CO)cc1. The number of halogens is 1. The van der Waals surface area contributed by atoms with Crippen LogP contribution in [-0.2, 0) is 21.2 Å². The highest BCUT2D eigenvalue weighted by Gasteiger charge is 2.20. The molecule has 0 saturated heterocycles. The largest absolute Gasteiger partial charge is 0.394 e. The van der Waals surface area contributed by atoms with Gasteiger partial charge in [0.15, 0.2) is 0 Å². The van der Waals surface area contributed by atoms with Crippen molar-refractivity contribution in [2.75, 3.05) is 11.3 Å². The van der Waals surface area contributed by atoms with Gasteiger partial charge in [-0.15, -0.1) is 0 Å². The van der Waals surface area contributed by atoms with Gasteiger partial charge in [-0.3, -0.25) is 9.52 Å². The van der Waals surface area contributed by atoms with E-state index in [0.717, 1.165) is 5.56 Å². The number of benzene rings is 2. The lowest BCUT2D eigenvalue weighted by Gasteiger charge is -2.23. The summed E-state index contributed by atoms with van der Waals surface area (Å²) < 4.78 is 27.6. The number of aliphatic hydroxyl groups is 1. The fraction of sp³-hybridized carbons (Fsp3) is 0.316. The Balaban J connectivity index is 2.09. The Bertz CT molecular complexity index is 925. The molecule has 0 bridgehead atoms. The lowest BCUT2D eigenvalue weighted by atomic mass is 10.1. The summed E-state index contributed by atoms with van der Waals surface area (Å²) in [6, 6.07) is 11.2. The summed E-state index contributed by atoms with van der Waals surface area (Å²) in [4.78, 5) is 12.1. The lowest BCUT2D eigenvalue weighted by Crippen LogP contribution is -2.46. The number of rotatable bonds is 7. The van der Waals surface area contributed by atoms with Gasteiger partial charge in [-0.2, -0.15) is 0 Å². The fourth-order valence-corrected chi connectivity index (χ4v) is 3.98. The summed E-state index contributed by atoms with van der Waals surface area (Å²) >= 11 is 5.91. The first kappa shape index (κ1) is 21.2. The van der Waals surface area contributed by atoms with Crippen LogP contribution in [0.25, 0.3) is 0 Å². The van der Waals surface area contributed by atoms with Crippen LogP contribution in [0.3, 0.4) is 0 Å². The van der Waals surface area contributed by atoms with Crippen molar-refractivity contribution in [3.63, 3.8) is 0 Å². The molecule has 3 N–H and O–H groups in total. The third-order valence-corrected chi connectivity index (χ3v) is 5.64. The molecule has 2 aromatic carbocycles. The molecule has 0 spiro atoms. The van der Waals surface area contributed by atoms with Crippen LogP contribution in [0.15, 0.2) is 47.4 Å². The zero-order valence-electron chi connectivity index (χ0n) is 15.4. The second-order valence-corrected chi connectivity index (χ2v) is 9.07. The van der Waals surface area contributed by atoms with Crippen LogP contribution in [0.4, 0.5) is 5.69 Å². The first-order chi connectivity index (χ1) is 12.5. The summed E-state index contributed by atoms with van der Waals surface area (Å²) in [6.45, 7) is 4.98. The summed E-state index contributed by atoms with van der Waals surface area (Å²) in [5, 5.41) is 12.3. The van der Waals surface area contributed by atoms with E-state index in [9.17, 15) is 18.3 Å². The van der Waals surface area contributed by atoms with Crippen molar-refractivity contribution in [3.05, 3.63) is 58.6 Å². The molecule has 6 nitrogen and oxygen atoms in total. The molecule has 146 valence electrons. The monoisotopic (exact) mass is 410 g/mol. The van der Waals surface area contributed by atoms with Gasteiger partial charge in [0.2, 0.25) is 5.91 Å². The molecule has 0 fully saturated rings. The van der Waals surface area contributed by atoms with E-state index in [-0.39, 0.29) is 23.8 Å². The molecular weight excluding hydrogens is 388 g/mol. The predicted molar refractivity (Wildman–Crippen MR) is 106 cm³/mol. The first-order valence-corrected chi connectivity index (χ1v) is 10.2. The van der Waals surface area contributed by atoms with Gasteiger partial charge in [-0.05, 0) is 56.2 Å².